The van der Waals surface area contributed by atoms with Crippen LogP contribution in [0.3, 0.4) is 0 Å². The third kappa shape index (κ3) is 4.28. The van der Waals surface area contributed by atoms with Crippen molar-refractivity contribution in [2.45, 2.75) is 19.9 Å². The lowest BCUT2D eigenvalue weighted by atomic mass is 9.91. The topological polar surface area (TPSA) is 113 Å². The van der Waals surface area contributed by atoms with Crippen LogP contribution in [-0.2, 0) is 9.53 Å². The van der Waals surface area contributed by atoms with E-state index in [9.17, 15) is 19.7 Å². The van der Waals surface area contributed by atoms with E-state index in [4.69, 9.17) is 9.47 Å². The molecule has 0 aliphatic carbocycles. The highest BCUT2D eigenvalue weighted by molar-refractivity contribution is 7.07. The van der Waals surface area contributed by atoms with Gasteiger partial charge in [-0.3, -0.25) is 19.5 Å². The minimum atomic E-state index is -0.760. The summed E-state index contributed by atoms with van der Waals surface area (Å²) >= 11 is 1.16. The minimum Gasteiger partial charge on any atom is -0.490 e. The second kappa shape index (κ2) is 10.1. The fraction of sp³-hybridized carbons (Fsp3) is 0.179. The molecular formula is C28H23N3O6S. The van der Waals surface area contributed by atoms with Crippen molar-refractivity contribution in [3.63, 3.8) is 0 Å². The third-order valence-electron chi connectivity index (χ3n) is 6.33. The van der Waals surface area contributed by atoms with Gasteiger partial charge in [0.1, 0.15) is 0 Å². The number of nitro benzene ring substituents is 1. The first-order valence-corrected chi connectivity index (χ1v) is 12.7. The van der Waals surface area contributed by atoms with Crippen LogP contribution in [-0.4, -0.2) is 29.2 Å². The quantitative estimate of drug-likeness (QED) is 0.213. The number of esters is 1. The van der Waals surface area contributed by atoms with Crippen molar-refractivity contribution in [1.29, 1.82) is 0 Å². The minimum absolute atomic E-state index is 0.124. The number of allylic oxidation sites excluding steroid dienone is 1. The van der Waals surface area contributed by atoms with Gasteiger partial charge < -0.3 is 9.47 Å². The molecule has 5 rings (SSSR count). The van der Waals surface area contributed by atoms with E-state index in [0.29, 0.717) is 26.2 Å². The van der Waals surface area contributed by atoms with Crippen LogP contribution in [0.5, 0.6) is 5.75 Å². The predicted molar refractivity (Wildman–Crippen MR) is 144 cm³/mol. The summed E-state index contributed by atoms with van der Waals surface area (Å²) < 4.78 is 12.3. The van der Waals surface area contributed by atoms with Crippen molar-refractivity contribution in [3.05, 3.63) is 113 Å². The first-order valence-electron chi connectivity index (χ1n) is 11.8. The van der Waals surface area contributed by atoms with E-state index in [1.807, 2.05) is 42.5 Å². The summed E-state index contributed by atoms with van der Waals surface area (Å²) in [6.45, 7) is 3.64. The van der Waals surface area contributed by atoms with E-state index in [1.165, 1.54) is 23.8 Å². The Labute approximate surface area is 220 Å². The Morgan fingerprint density at radius 2 is 1.95 bits per heavy atom. The number of hydrogen-bond donors (Lipinski definition) is 0. The molecule has 0 saturated heterocycles. The van der Waals surface area contributed by atoms with E-state index < -0.39 is 16.9 Å². The highest BCUT2D eigenvalue weighted by Crippen LogP contribution is 2.35. The number of nitro groups is 1. The molecule has 0 amide bonds. The maximum atomic E-state index is 13.9. The zero-order valence-electron chi connectivity index (χ0n) is 20.8. The molecule has 3 aromatic carbocycles. The number of methoxy groups -OCH3 is 1. The zero-order valence-corrected chi connectivity index (χ0v) is 21.7. The second-order valence-electron chi connectivity index (χ2n) is 8.56. The van der Waals surface area contributed by atoms with E-state index >= 15 is 0 Å². The highest BCUT2D eigenvalue weighted by atomic mass is 32.1. The largest absolute Gasteiger partial charge is 0.490 e. The van der Waals surface area contributed by atoms with Gasteiger partial charge in [-0.15, -0.1) is 0 Å². The van der Waals surface area contributed by atoms with Gasteiger partial charge in [0.05, 0.1) is 40.5 Å². The van der Waals surface area contributed by atoms with Gasteiger partial charge in [0, 0.05) is 6.07 Å². The molecule has 10 heteroatoms. The van der Waals surface area contributed by atoms with E-state index in [2.05, 4.69) is 4.99 Å². The number of carbonyl (C=O) groups is 1. The van der Waals surface area contributed by atoms with Gasteiger partial charge in [-0.2, -0.15) is 0 Å². The molecule has 9 nitrogen and oxygen atoms in total. The van der Waals surface area contributed by atoms with Crippen LogP contribution in [0.1, 0.15) is 31.0 Å². The van der Waals surface area contributed by atoms with Crippen LogP contribution in [0.25, 0.3) is 16.8 Å². The highest BCUT2D eigenvalue weighted by Gasteiger charge is 2.34. The number of fused-ring (bicyclic) bond motifs is 2. The van der Waals surface area contributed by atoms with Gasteiger partial charge in [0.15, 0.2) is 10.6 Å². The maximum absolute atomic E-state index is 13.9. The van der Waals surface area contributed by atoms with Gasteiger partial charge in [-0.1, -0.05) is 59.9 Å². The molecule has 1 aromatic heterocycles. The number of carbonyl (C=O) groups excluding carboxylic acids is 1. The lowest BCUT2D eigenvalue weighted by Crippen LogP contribution is -2.40. The van der Waals surface area contributed by atoms with Crippen molar-refractivity contribution in [1.82, 2.24) is 4.57 Å². The standard InChI is InChI=1S/C28H23N3O6S/c1-4-37-27(33)24-16(2)29-28-30(25(24)20-11-7-9-18-8-5-6-10-19(18)20)26(32)23(38-28)15-17-12-13-22(36-3)21(14-17)31(34)35/h5-15,25H,4H2,1-3H3/b23-15+/t25-/m1/s1. The molecule has 38 heavy (non-hydrogen) atoms. The van der Waals surface area contributed by atoms with E-state index in [1.54, 1.807) is 26.0 Å². The zero-order chi connectivity index (χ0) is 27.0. The number of rotatable bonds is 6. The van der Waals surface area contributed by atoms with Crippen molar-refractivity contribution in [2.24, 2.45) is 4.99 Å². The van der Waals surface area contributed by atoms with Crippen LogP contribution < -0.4 is 19.6 Å². The fourth-order valence-electron chi connectivity index (χ4n) is 4.67. The molecule has 0 N–H and O–H groups in total. The second-order valence-corrected chi connectivity index (χ2v) is 9.57. The summed E-state index contributed by atoms with van der Waals surface area (Å²) in [6, 6.07) is 17.2. The Morgan fingerprint density at radius 3 is 2.68 bits per heavy atom. The summed E-state index contributed by atoms with van der Waals surface area (Å²) in [4.78, 5) is 43.0. The molecule has 0 fully saturated rings. The molecule has 0 unspecified atom stereocenters. The number of benzene rings is 3. The van der Waals surface area contributed by atoms with Gasteiger partial charge in [-0.05, 0) is 47.9 Å². The van der Waals surface area contributed by atoms with Crippen LogP contribution in [0.2, 0.25) is 0 Å². The molecule has 0 radical (unpaired) electrons. The number of nitrogens with zero attached hydrogens (tertiary/aromatic N) is 3. The Bertz CT molecular complexity index is 1810. The van der Waals surface area contributed by atoms with Crippen molar-refractivity contribution in [3.8, 4) is 5.75 Å². The SMILES string of the molecule is CCOC(=O)C1=C(C)N=c2s/c(=C/c3ccc(OC)c([N+](=O)[O-])c3)c(=O)n2[C@@H]1c1cccc2ccccc12. The smallest absolute Gasteiger partial charge is 0.338 e. The van der Waals surface area contributed by atoms with Crippen molar-refractivity contribution in [2.75, 3.05) is 13.7 Å². The Balaban J connectivity index is 1.77. The Hall–Kier alpha value is -4.57. The summed E-state index contributed by atoms with van der Waals surface area (Å²) in [7, 11) is 1.36. The molecule has 1 aliphatic rings. The average Bonchev–Trinajstić information content (AvgIpc) is 3.21. The third-order valence-corrected chi connectivity index (χ3v) is 7.32. The molecule has 192 valence electrons. The van der Waals surface area contributed by atoms with Gasteiger partial charge in [0.25, 0.3) is 5.56 Å². The normalized spacial score (nSPS) is 15.2. The molecular weight excluding hydrogens is 506 g/mol. The maximum Gasteiger partial charge on any atom is 0.338 e. The number of aromatic nitrogens is 1. The van der Waals surface area contributed by atoms with Crippen LogP contribution in [0.4, 0.5) is 5.69 Å². The lowest BCUT2D eigenvalue weighted by molar-refractivity contribution is -0.385. The molecule has 4 aromatic rings. The van der Waals surface area contributed by atoms with Crippen LogP contribution >= 0.6 is 11.3 Å². The number of ether oxygens (including phenoxy) is 2. The van der Waals surface area contributed by atoms with E-state index in [0.717, 1.165) is 27.7 Å². The van der Waals surface area contributed by atoms with Gasteiger partial charge in [0.2, 0.25) is 0 Å². The Morgan fingerprint density at radius 1 is 1.18 bits per heavy atom. The fourth-order valence-corrected chi connectivity index (χ4v) is 5.71. The van der Waals surface area contributed by atoms with Crippen molar-refractivity contribution >= 4 is 39.8 Å². The number of thiazole rings is 1. The molecule has 2 heterocycles. The summed E-state index contributed by atoms with van der Waals surface area (Å²) in [5, 5.41) is 13.4. The molecule has 1 aliphatic heterocycles. The van der Waals surface area contributed by atoms with Crippen LogP contribution in [0.15, 0.2) is 81.7 Å². The Kier molecular flexibility index (Phi) is 6.64. The van der Waals surface area contributed by atoms with Crippen molar-refractivity contribution < 1.29 is 19.2 Å². The first-order chi connectivity index (χ1) is 18.3. The summed E-state index contributed by atoms with van der Waals surface area (Å²) in [5.74, 6) is -0.411. The predicted octanol–water partition coefficient (Wildman–Crippen LogP) is 3.87. The van der Waals surface area contributed by atoms with E-state index in [-0.39, 0.29) is 23.6 Å². The van der Waals surface area contributed by atoms with Gasteiger partial charge >= 0.3 is 11.7 Å². The number of hydrogen-bond acceptors (Lipinski definition) is 8. The molecule has 0 bridgehead atoms. The molecule has 1 atom stereocenters. The van der Waals surface area contributed by atoms with Crippen LogP contribution in [0, 0.1) is 10.1 Å². The average molecular weight is 530 g/mol. The summed E-state index contributed by atoms with van der Waals surface area (Å²) in [6.07, 6.45) is 1.58. The monoisotopic (exact) mass is 529 g/mol. The van der Waals surface area contributed by atoms with Gasteiger partial charge in [-0.25, -0.2) is 9.79 Å². The summed E-state index contributed by atoms with van der Waals surface area (Å²) in [5.41, 5.74) is 1.43. The lowest BCUT2D eigenvalue weighted by Gasteiger charge is -2.25. The molecule has 0 saturated carbocycles. The molecule has 0 spiro atoms. The first kappa shape index (κ1) is 25.1.